The minimum absolute atomic E-state index is 0.0773. The number of nitrogen functional groups attached to an aromatic ring is 1. The van der Waals surface area contributed by atoms with Crippen molar-refractivity contribution < 1.29 is 21.6 Å². The van der Waals surface area contributed by atoms with Crippen LogP contribution in [0, 0.1) is 11.6 Å². The van der Waals surface area contributed by atoms with Crippen LogP contribution in [0.25, 0.3) is 0 Å². The molecule has 0 saturated heterocycles. The lowest BCUT2D eigenvalue weighted by atomic mass is 10.3. The van der Waals surface area contributed by atoms with Gasteiger partial charge in [0.1, 0.15) is 22.3 Å². The maximum atomic E-state index is 13.6. The lowest BCUT2D eigenvalue weighted by Gasteiger charge is -2.16. The Bertz CT molecular complexity index is 715. The van der Waals surface area contributed by atoms with Gasteiger partial charge in [-0.05, 0) is 18.2 Å². The fraction of sp³-hybridized carbons (Fsp3) is 0.167. The summed E-state index contributed by atoms with van der Waals surface area (Å²) in [4.78, 5) is -0.676. The highest BCUT2D eigenvalue weighted by molar-refractivity contribution is 7.89. The van der Waals surface area contributed by atoms with Crippen LogP contribution in [-0.2, 0) is 16.6 Å². The molecule has 8 heteroatoms. The van der Waals surface area contributed by atoms with Crippen LogP contribution in [0.1, 0.15) is 5.76 Å². The van der Waals surface area contributed by atoms with Crippen molar-refractivity contribution in [1.82, 2.24) is 4.31 Å². The largest absolute Gasteiger partial charge is 0.468 e. The molecule has 0 bridgehead atoms. The van der Waals surface area contributed by atoms with E-state index >= 15 is 0 Å². The zero-order chi connectivity index (χ0) is 14.9. The second-order valence-corrected chi connectivity index (χ2v) is 6.16. The van der Waals surface area contributed by atoms with Gasteiger partial charge < -0.3 is 10.2 Å². The van der Waals surface area contributed by atoms with E-state index in [1.807, 2.05) is 0 Å². The standard InChI is InChI=1S/C12H12F2N2O3S/c1-16(7-8-3-2-4-19-8)20(17,18)12-6-11(15)9(13)5-10(12)14/h2-6H,7,15H2,1H3. The molecule has 2 rings (SSSR count). The van der Waals surface area contributed by atoms with Gasteiger partial charge in [0, 0.05) is 13.1 Å². The molecule has 0 unspecified atom stereocenters. The average Bonchev–Trinajstić information content (AvgIpc) is 2.86. The topological polar surface area (TPSA) is 76.5 Å². The number of hydrogen-bond acceptors (Lipinski definition) is 4. The van der Waals surface area contributed by atoms with Gasteiger partial charge in [-0.3, -0.25) is 0 Å². The summed E-state index contributed by atoms with van der Waals surface area (Å²) in [5.41, 5.74) is 4.85. The Balaban J connectivity index is 2.37. The van der Waals surface area contributed by atoms with Gasteiger partial charge in [0.05, 0.1) is 18.5 Å². The van der Waals surface area contributed by atoms with Crippen molar-refractivity contribution in [2.45, 2.75) is 11.4 Å². The van der Waals surface area contributed by atoms with Crippen molar-refractivity contribution in [2.24, 2.45) is 0 Å². The molecule has 1 aromatic carbocycles. The number of nitrogens with two attached hydrogens (primary N) is 1. The van der Waals surface area contributed by atoms with Crippen molar-refractivity contribution in [3.8, 4) is 0 Å². The van der Waals surface area contributed by atoms with E-state index in [2.05, 4.69) is 0 Å². The van der Waals surface area contributed by atoms with E-state index in [1.54, 1.807) is 12.1 Å². The van der Waals surface area contributed by atoms with Crippen molar-refractivity contribution in [3.05, 3.63) is 47.9 Å². The molecule has 0 atom stereocenters. The van der Waals surface area contributed by atoms with Crippen LogP contribution in [-0.4, -0.2) is 19.8 Å². The summed E-state index contributed by atoms with van der Waals surface area (Å²) in [7, 11) is -2.87. The van der Waals surface area contributed by atoms with Crippen LogP contribution < -0.4 is 5.73 Å². The van der Waals surface area contributed by atoms with E-state index < -0.39 is 32.2 Å². The fourth-order valence-corrected chi connectivity index (χ4v) is 2.83. The van der Waals surface area contributed by atoms with Gasteiger partial charge in [-0.25, -0.2) is 17.2 Å². The summed E-state index contributed by atoms with van der Waals surface area (Å²) >= 11 is 0. The molecule has 0 radical (unpaired) electrons. The highest BCUT2D eigenvalue weighted by Crippen LogP contribution is 2.24. The molecule has 5 nitrogen and oxygen atoms in total. The minimum atomic E-state index is -4.13. The number of halogens is 2. The smallest absolute Gasteiger partial charge is 0.246 e. The summed E-state index contributed by atoms with van der Waals surface area (Å²) in [5.74, 6) is -1.80. The average molecular weight is 302 g/mol. The van der Waals surface area contributed by atoms with Crippen LogP contribution in [0.5, 0.6) is 0 Å². The highest BCUT2D eigenvalue weighted by Gasteiger charge is 2.26. The number of nitrogens with zero attached hydrogens (tertiary/aromatic N) is 1. The number of hydrogen-bond donors (Lipinski definition) is 1. The molecular weight excluding hydrogens is 290 g/mol. The zero-order valence-electron chi connectivity index (χ0n) is 10.5. The first-order chi connectivity index (χ1) is 9.32. The monoisotopic (exact) mass is 302 g/mol. The van der Waals surface area contributed by atoms with Gasteiger partial charge in [-0.2, -0.15) is 4.31 Å². The molecular formula is C12H12F2N2O3S. The molecule has 0 amide bonds. The number of sulfonamides is 1. The Kier molecular flexibility index (Phi) is 3.78. The van der Waals surface area contributed by atoms with E-state index in [-0.39, 0.29) is 6.54 Å². The molecule has 0 aliphatic heterocycles. The predicted octanol–water partition coefficient (Wildman–Crippen LogP) is 1.96. The van der Waals surface area contributed by atoms with E-state index in [0.29, 0.717) is 11.8 Å². The summed E-state index contributed by atoms with van der Waals surface area (Å²) in [6.07, 6.45) is 1.40. The van der Waals surface area contributed by atoms with E-state index in [9.17, 15) is 17.2 Å². The Morgan fingerprint density at radius 1 is 1.30 bits per heavy atom. The third-order valence-electron chi connectivity index (χ3n) is 2.70. The third-order valence-corrected chi connectivity index (χ3v) is 4.52. The van der Waals surface area contributed by atoms with Gasteiger partial charge in [0.15, 0.2) is 0 Å². The van der Waals surface area contributed by atoms with Crippen LogP contribution in [0.2, 0.25) is 0 Å². The first-order valence-corrected chi connectivity index (χ1v) is 6.99. The molecule has 108 valence electrons. The molecule has 0 aliphatic carbocycles. The summed E-state index contributed by atoms with van der Waals surface area (Å²) in [5, 5.41) is 0. The van der Waals surface area contributed by atoms with E-state index in [4.69, 9.17) is 10.2 Å². The Hall–Kier alpha value is -1.93. The molecule has 0 saturated carbocycles. The SMILES string of the molecule is CN(Cc1ccco1)S(=O)(=O)c1cc(N)c(F)cc1F. The van der Waals surface area contributed by atoms with Gasteiger partial charge in [-0.15, -0.1) is 0 Å². The molecule has 20 heavy (non-hydrogen) atoms. The quantitative estimate of drug-likeness (QED) is 0.876. The first-order valence-electron chi connectivity index (χ1n) is 5.55. The molecule has 0 aliphatic rings. The molecule has 0 fully saturated rings. The number of anilines is 1. The summed E-state index contributed by atoms with van der Waals surface area (Å²) in [6.45, 7) is -0.0773. The number of rotatable bonds is 4. The summed E-state index contributed by atoms with van der Waals surface area (Å²) < 4.78 is 57.0. The van der Waals surface area contributed by atoms with Crippen molar-refractivity contribution in [1.29, 1.82) is 0 Å². The minimum Gasteiger partial charge on any atom is -0.468 e. The predicted molar refractivity (Wildman–Crippen MR) is 68.1 cm³/mol. The Morgan fingerprint density at radius 3 is 2.60 bits per heavy atom. The lowest BCUT2D eigenvalue weighted by Crippen LogP contribution is -2.27. The van der Waals surface area contributed by atoms with Gasteiger partial charge in [-0.1, -0.05) is 0 Å². The van der Waals surface area contributed by atoms with E-state index in [1.165, 1.54) is 13.3 Å². The van der Waals surface area contributed by atoms with E-state index in [0.717, 1.165) is 10.4 Å². The molecule has 2 N–H and O–H groups in total. The van der Waals surface area contributed by atoms with Crippen LogP contribution >= 0.6 is 0 Å². The number of benzene rings is 1. The van der Waals surface area contributed by atoms with Crippen LogP contribution in [0.15, 0.2) is 39.8 Å². The maximum absolute atomic E-state index is 13.6. The lowest BCUT2D eigenvalue weighted by molar-refractivity contribution is 0.403. The van der Waals surface area contributed by atoms with Crippen LogP contribution in [0.4, 0.5) is 14.5 Å². The normalized spacial score (nSPS) is 12.0. The maximum Gasteiger partial charge on any atom is 0.246 e. The molecule has 2 aromatic rings. The number of furan rings is 1. The Labute approximate surface area is 114 Å². The Morgan fingerprint density at radius 2 is 2.00 bits per heavy atom. The third kappa shape index (κ3) is 2.66. The molecule has 1 heterocycles. The second kappa shape index (κ2) is 5.22. The molecule has 0 spiro atoms. The van der Waals surface area contributed by atoms with Crippen molar-refractivity contribution in [2.75, 3.05) is 12.8 Å². The van der Waals surface area contributed by atoms with Gasteiger partial charge in [0.2, 0.25) is 10.0 Å². The first kappa shape index (κ1) is 14.5. The summed E-state index contributed by atoms with van der Waals surface area (Å²) in [6, 6.07) is 4.40. The second-order valence-electron chi connectivity index (χ2n) is 4.14. The fourth-order valence-electron chi connectivity index (χ4n) is 1.62. The van der Waals surface area contributed by atoms with Gasteiger partial charge >= 0.3 is 0 Å². The van der Waals surface area contributed by atoms with Crippen molar-refractivity contribution in [3.63, 3.8) is 0 Å². The highest BCUT2D eigenvalue weighted by atomic mass is 32.2. The van der Waals surface area contributed by atoms with Crippen molar-refractivity contribution >= 4 is 15.7 Å². The van der Waals surface area contributed by atoms with Crippen LogP contribution in [0.3, 0.4) is 0 Å². The zero-order valence-corrected chi connectivity index (χ0v) is 11.3. The van der Waals surface area contributed by atoms with Gasteiger partial charge in [0.25, 0.3) is 0 Å². The molecule has 1 aromatic heterocycles.